The standard InChI is InChI=1S/2C13H11N3.2H2O4S/c2*14-10-3-1-8-5-9-2-4-11(15)7-13(9)16-12(8)6-10;2*1-5(2,3)4/h2*1-7H,14-15H2;2*(H2,1,2,3,4). The molecule has 0 fully saturated rings. The van der Waals surface area contributed by atoms with Gasteiger partial charge in [-0.3, -0.25) is 18.2 Å². The molecule has 0 saturated carbocycles. The molecular formula is C26H26N6O8S2. The average molecular weight is 615 g/mol. The smallest absolute Gasteiger partial charge is 0.394 e. The van der Waals surface area contributed by atoms with E-state index in [0.29, 0.717) is 0 Å². The SMILES string of the molecule is Nc1ccc2cc3ccc(N)cc3nc2c1.Nc1ccc2cc3ccc(N)cc3nc2c1.O=S(=O)(O)O.O=S(=O)(O)O. The van der Waals surface area contributed by atoms with Gasteiger partial charge >= 0.3 is 20.8 Å². The Hall–Kier alpha value is -4.84. The van der Waals surface area contributed by atoms with Gasteiger partial charge in [0.2, 0.25) is 0 Å². The second-order valence-electron chi connectivity index (χ2n) is 8.68. The van der Waals surface area contributed by atoms with Crippen molar-refractivity contribution in [3.8, 4) is 0 Å². The summed E-state index contributed by atoms with van der Waals surface area (Å²) in [7, 11) is -9.33. The molecule has 6 rings (SSSR count). The van der Waals surface area contributed by atoms with Crippen LogP contribution in [-0.2, 0) is 20.8 Å². The number of hydrogen-bond acceptors (Lipinski definition) is 10. The maximum Gasteiger partial charge on any atom is 0.394 e. The summed E-state index contributed by atoms with van der Waals surface area (Å²) in [5.41, 5.74) is 29.4. The van der Waals surface area contributed by atoms with Crippen LogP contribution >= 0.6 is 0 Å². The summed E-state index contributed by atoms with van der Waals surface area (Å²) in [6, 6.07) is 27.1. The van der Waals surface area contributed by atoms with Crippen LogP contribution in [0.25, 0.3) is 43.6 Å². The second-order valence-corrected chi connectivity index (χ2v) is 10.5. The van der Waals surface area contributed by atoms with Gasteiger partial charge in [0.25, 0.3) is 0 Å². The number of anilines is 4. The Morgan fingerprint density at radius 2 is 0.595 bits per heavy atom. The minimum absolute atomic E-state index is 0.725. The molecule has 0 radical (unpaired) electrons. The summed E-state index contributed by atoms with van der Waals surface area (Å²) < 4.78 is 63.2. The first-order chi connectivity index (χ1) is 19.4. The molecule has 2 heterocycles. The van der Waals surface area contributed by atoms with E-state index in [0.717, 1.165) is 66.4 Å². The fourth-order valence-corrected chi connectivity index (χ4v) is 3.71. The Labute approximate surface area is 239 Å². The van der Waals surface area contributed by atoms with E-state index in [9.17, 15) is 0 Å². The number of rotatable bonds is 0. The first kappa shape index (κ1) is 31.7. The highest BCUT2D eigenvalue weighted by molar-refractivity contribution is 7.80. The number of nitrogens with zero attached hydrogens (tertiary/aromatic N) is 2. The molecule has 0 bridgehead atoms. The van der Waals surface area contributed by atoms with Gasteiger partial charge in [-0.15, -0.1) is 0 Å². The van der Waals surface area contributed by atoms with E-state index in [1.807, 2.05) is 72.8 Å². The largest absolute Gasteiger partial charge is 0.399 e. The third-order valence-corrected chi connectivity index (χ3v) is 5.32. The molecule has 16 heteroatoms. The van der Waals surface area contributed by atoms with Gasteiger partial charge in [-0.2, -0.15) is 16.8 Å². The minimum Gasteiger partial charge on any atom is -0.399 e. The fourth-order valence-electron chi connectivity index (χ4n) is 3.71. The van der Waals surface area contributed by atoms with Gasteiger partial charge in [0.1, 0.15) is 0 Å². The van der Waals surface area contributed by atoms with E-state index in [1.54, 1.807) is 0 Å². The number of nitrogen functional groups attached to an aromatic ring is 4. The molecule has 2 aromatic heterocycles. The number of benzene rings is 4. The lowest BCUT2D eigenvalue weighted by atomic mass is 10.1. The molecular weight excluding hydrogens is 588 g/mol. The van der Waals surface area contributed by atoms with Crippen LogP contribution in [0.1, 0.15) is 0 Å². The van der Waals surface area contributed by atoms with E-state index < -0.39 is 20.8 Å². The molecule has 0 aliphatic carbocycles. The Bertz CT molecular complexity index is 1840. The molecule has 0 amide bonds. The Morgan fingerprint density at radius 1 is 0.405 bits per heavy atom. The first-order valence-corrected chi connectivity index (χ1v) is 14.3. The van der Waals surface area contributed by atoms with Gasteiger partial charge in [-0.1, -0.05) is 24.3 Å². The summed E-state index contributed by atoms with van der Waals surface area (Å²) >= 11 is 0. The van der Waals surface area contributed by atoms with Crippen molar-refractivity contribution in [3.05, 3.63) is 84.9 Å². The second kappa shape index (κ2) is 12.8. The molecule has 0 atom stereocenters. The highest BCUT2D eigenvalue weighted by atomic mass is 32.3. The molecule has 220 valence electrons. The molecule has 12 N–H and O–H groups in total. The summed E-state index contributed by atoms with van der Waals surface area (Å²) in [5.74, 6) is 0. The van der Waals surface area contributed by atoms with Crippen LogP contribution in [0.5, 0.6) is 0 Å². The average Bonchev–Trinajstić information content (AvgIpc) is 2.84. The van der Waals surface area contributed by atoms with Crippen molar-refractivity contribution in [1.29, 1.82) is 0 Å². The van der Waals surface area contributed by atoms with Crippen molar-refractivity contribution in [2.24, 2.45) is 0 Å². The zero-order valence-corrected chi connectivity index (χ0v) is 23.2. The van der Waals surface area contributed by atoms with E-state index in [-0.39, 0.29) is 0 Å². The third-order valence-electron chi connectivity index (χ3n) is 5.32. The minimum atomic E-state index is -4.67. The van der Waals surface area contributed by atoms with Crippen LogP contribution in [0.15, 0.2) is 84.9 Å². The Morgan fingerprint density at radius 3 is 0.786 bits per heavy atom. The monoisotopic (exact) mass is 614 g/mol. The molecule has 0 unspecified atom stereocenters. The predicted octanol–water partition coefficient (Wildman–Crippen LogP) is 3.80. The van der Waals surface area contributed by atoms with Crippen LogP contribution in [0.2, 0.25) is 0 Å². The van der Waals surface area contributed by atoms with Crippen LogP contribution in [0, 0.1) is 0 Å². The molecule has 14 nitrogen and oxygen atoms in total. The van der Waals surface area contributed by atoms with E-state index >= 15 is 0 Å². The van der Waals surface area contributed by atoms with Crippen molar-refractivity contribution in [2.45, 2.75) is 0 Å². The number of aromatic nitrogens is 2. The molecule has 0 aliphatic heterocycles. The van der Waals surface area contributed by atoms with Gasteiger partial charge in [-0.05, 0) is 60.7 Å². The van der Waals surface area contributed by atoms with Gasteiger partial charge < -0.3 is 22.9 Å². The quantitative estimate of drug-likeness (QED) is 0.0686. The van der Waals surface area contributed by atoms with Crippen molar-refractivity contribution in [3.63, 3.8) is 0 Å². The third kappa shape index (κ3) is 10.3. The molecule has 0 saturated heterocycles. The molecule has 6 aromatic rings. The van der Waals surface area contributed by atoms with Crippen LogP contribution in [0.4, 0.5) is 22.7 Å². The van der Waals surface area contributed by atoms with Crippen LogP contribution in [0.3, 0.4) is 0 Å². The topological polar surface area (TPSA) is 279 Å². The fraction of sp³-hybridized carbons (Fsp3) is 0. The van der Waals surface area contributed by atoms with Crippen molar-refractivity contribution < 1.29 is 35.0 Å². The van der Waals surface area contributed by atoms with E-state index in [4.69, 9.17) is 58.0 Å². The van der Waals surface area contributed by atoms with Crippen molar-refractivity contribution in [1.82, 2.24) is 9.97 Å². The maximum atomic E-state index is 8.74. The van der Waals surface area contributed by atoms with Crippen molar-refractivity contribution >= 4 is 87.2 Å². The van der Waals surface area contributed by atoms with Crippen LogP contribution < -0.4 is 22.9 Å². The lowest BCUT2D eigenvalue weighted by Crippen LogP contribution is -1.89. The number of hydrogen-bond donors (Lipinski definition) is 8. The molecule has 0 aliphatic rings. The van der Waals surface area contributed by atoms with Gasteiger partial charge in [0.05, 0.1) is 22.1 Å². The summed E-state index contributed by atoms with van der Waals surface area (Å²) in [6.07, 6.45) is 0. The maximum absolute atomic E-state index is 8.74. The van der Waals surface area contributed by atoms with E-state index in [2.05, 4.69) is 22.1 Å². The number of nitrogens with two attached hydrogens (primary N) is 4. The van der Waals surface area contributed by atoms with Crippen LogP contribution in [-0.4, -0.2) is 45.0 Å². The zero-order valence-electron chi connectivity index (χ0n) is 21.5. The van der Waals surface area contributed by atoms with Gasteiger partial charge in [-0.25, -0.2) is 9.97 Å². The van der Waals surface area contributed by atoms with Crippen molar-refractivity contribution in [2.75, 3.05) is 22.9 Å². The summed E-state index contributed by atoms with van der Waals surface area (Å²) in [4.78, 5) is 9.08. The number of fused-ring (bicyclic) bond motifs is 4. The highest BCUT2D eigenvalue weighted by Gasteiger charge is 2.02. The van der Waals surface area contributed by atoms with Gasteiger partial charge in [0.15, 0.2) is 0 Å². The van der Waals surface area contributed by atoms with E-state index in [1.165, 1.54) is 0 Å². The number of pyridine rings is 2. The molecule has 42 heavy (non-hydrogen) atoms. The lowest BCUT2D eigenvalue weighted by Gasteiger charge is -2.03. The Kier molecular flexibility index (Phi) is 9.64. The summed E-state index contributed by atoms with van der Waals surface area (Å²) in [5, 5.41) is 4.36. The highest BCUT2D eigenvalue weighted by Crippen LogP contribution is 2.24. The summed E-state index contributed by atoms with van der Waals surface area (Å²) in [6.45, 7) is 0. The van der Waals surface area contributed by atoms with Gasteiger partial charge in [0, 0.05) is 44.3 Å². The normalized spacial score (nSPS) is 11.1. The molecule has 4 aromatic carbocycles. The predicted molar refractivity (Wildman–Crippen MR) is 165 cm³/mol. The zero-order chi connectivity index (χ0) is 31.2. The Balaban J connectivity index is 0.000000176. The first-order valence-electron chi connectivity index (χ1n) is 11.6. The molecule has 0 spiro atoms. The lowest BCUT2D eigenvalue weighted by molar-refractivity contribution is 0.378.